The summed E-state index contributed by atoms with van der Waals surface area (Å²) in [6.07, 6.45) is 1.19. The highest BCUT2D eigenvalue weighted by atomic mass is 16.5. The van der Waals surface area contributed by atoms with Crippen LogP contribution in [-0.2, 0) is 6.54 Å². The zero-order valence-electron chi connectivity index (χ0n) is 9.91. The molecule has 0 bridgehead atoms. The Morgan fingerprint density at radius 2 is 2.25 bits per heavy atom. The van der Waals surface area contributed by atoms with Crippen molar-refractivity contribution in [1.82, 2.24) is 10.2 Å². The van der Waals surface area contributed by atoms with Gasteiger partial charge in [0, 0.05) is 18.7 Å². The maximum atomic E-state index is 5.73. The molecule has 0 atom stereocenters. The SMILES string of the molecule is CNCCCN1CCOc2ccccc2C1. The van der Waals surface area contributed by atoms with Crippen LogP contribution in [0.5, 0.6) is 5.75 Å². The van der Waals surface area contributed by atoms with Crippen molar-refractivity contribution >= 4 is 0 Å². The smallest absolute Gasteiger partial charge is 0.123 e. The first-order chi connectivity index (χ1) is 7.90. The molecule has 1 aromatic rings. The van der Waals surface area contributed by atoms with E-state index in [-0.39, 0.29) is 0 Å². The predicted molar refractivity (Wildman–Crippen MR) is 65.8 cm³/mol. The van der Waals surface area contributed by atoms with Crippen LogP contribution in [0.3, 0.4) is 0 Å². The highest BCUT2D eigenvalue weighted by Gasteiger charge is 2.13. The Labute approximate surface area is 97.4 Å². The van der Waals surface area contributed by atoms with Crippen LogP contribution in [0.15, 0.2) is 24.3 Å². The molecule has 3 nitrogen and oxygen atoms in total. The number of para-hydroxylation sites is 1. The number of nitrogens with one attached hydrogen (secondary N) is 1. The van der Waals surface area contributed by atoms with Crippen LogP contribution >= 0.6 is 0 Å². The number of fused-ring (bicyclic) bond motifs is 1. The molecule has 0 fully saturated rings. The Morgan fingerprint density at radius 3 is 3.12 bits per heavy atom. The first-order valence-electron chi connectivity index (χ1n) is 5.98. The quantitative estimate of drug-likeness (QED) is 0.778. The normalized spacial score (nSPS) is 16.3. The fraction of sp³-hybridized carbons (Fsp3) is 0.538. The molecule has 0 radical (unpaired) electrons. The van der Waals surface area contributed by atoms with Gasteiger partial charge in [0.15, 0.2) is 0 Å². The summed E-state index contributed by atoms with van der Waals surface area (Å²) in [5, 5.41) is 3.18. The molecule has 0 unspecified atom stereocenters. The van der Waals surface area contributed by atoms with Gasteiger partial charge in [-0.25, -0.2) is 0 Å². The van der Waals surface area contributed by atoms with Gasteiger partial charge in [0.1, 0.15) is 12.4 Å². The van der Waals surface area contributed by atoms with E-state index in [1.54, 1.807) is 0 Å². The number of ether oxygens (including phenoxy) is 1. The van der Waals surface area contributed by atoms with E-state index in [1.165, 1.54) is 12.0 Å². The lowest BCUT2D eigenvalue weighted by Crippen LogP contribution is -2.28. The highest BCUT2D eigenvalue weighted by molar-refractivity contribution is 5.33. The van der Waals surface area contributed by atoms with E-state index in [0.29, 0.717) is 0 Å². The lowest BCUT2D eigenvalue weighted by Gasteiger charge is -2.18. The molecule has 1 aromatic carbocycles. The third-order valence-electron chi connectivity index (χ3n) is 2.93. The van der Waals surface area contributed by atoms with Crippen LogP contribution in [0.1, 0.15) is 12.0 Å². The zero-order chi connectivity index (χ0) is 11.2. The summed E-state index contributed by atoms with van der Waals surface area (Å²) in [5.41, 5.74) is 1.31. The van der Waals surface area contributed by atoms with Gasteiger partial charge in [0.05, 0.1) is 0 Å². The first kappa shape index (κ1) is 11.4. The average Bonchev–Trinajstić information content (AvgIpc) is 2.51. The average molecular weight is 220 g/mol. The lowest BCUT2D eigenvalue weighted by molar-refractivity contribution is 0.224. The van der Waals surface area contributed by atoms with Gasteiger partial charge in [-0.2, -0.15) is 0 Å². The Hall–Kier alpha value is -1.06. The molecule has 1 aliphatic rings. The molecule has 0 saturated carbocycles. The summed E-state index contributed by atoms with van der Waals surface area (Å²) in [6.45, 7) is 5.06. The molecule has 88 valence electrons. The van der Waals surface area contributed by atoms with Crippen molar-refractivity contribution in [3.8, 4) is 5.75 Å². The second-order valence-corrected chi connectivity index (χ2v) is 4.19. The topological polar surface area (TPSA) is 24.5 Å². The van der Waals surface area contributed by atoms with E-state index in [2.05, 4.69) is 28.4 Å². The summed E-state index contributed by atoms with van der Waals surface area (Å²) in [7, 11) is 2.00. The molecule has 1 N–H and O–H groups in total. The summed E-state index contributed by atoms with van der Waals surface area (Å²) < 4.78 is 5.73. The number of benzene rings is 1. The van der Waals surface area contributed by atoms with Gasteiger partial charge >= 0.3 is 0 Å². The van der Waals surface area contributed by atoms with Crippen LogP contribution in [0.25, 0.3) is 0 Å². The van der Waals surface area contributed by atoms with Crippen molar-refractivity contribution in [2.45, 2.75) is 13.0 Å². The van der Waals surface area contributed by atoms with Crippen molar-refractivity contribution in [2.24, 2.45) is 0 Å². The van der Waals surface area contributed by atoms with Crippen LogP contribution in [0.4, 0.5) is 0 Å². The third kappa shape index (κ3) is 2.97. The minimum atomic E-state index is 0.802. The van der Waals surface area contributed by atoms with Crippen molar-refractivity contribution in [2.75, 3.05) is 33.3 Å². The third-order valence-corrected chi connectivity index (χ3v) is 2.93. The van der Waals surface area contributed by atoms with E-state index < -0.39 is 0 Å². The van der Waals surface area contributed by atoms with Gasteiger partial charge in [-0.05, 0) is 32.6 Å². The molecular weight excluding hydrogens is 200 g/mol. The molecule has 2 rings (SSSR count). The highest BCUT2D eigenvalue weighted by Crippen LogP contribution is 2.22. The van der Waals surface area contributed by atoms with Crippen molar-refractivity contribution < 1.29 is 4.74 Å². The van der Waals surface area contributed by atoms with Gasteiger partial charge < -0.3 is 10.1 Å². The van der Waals surface area contributed by atoms with Gasteiger partial charge in [-0.15, -0.1) is 0 Å². The Morgan fingerprint density at radius 1 is 1.38 bits per heavy atom. The maximum absolute atomic E-state index is 5.73. The van der Waals surface area contributed by atoms with Crippen LogP contribution < -0.4 is 10.1 Å². The summed E-state index contributed by atoms with van der Waals surface area (Å²) >= 11 is 0. The van der Waals surface area contributed by atoms with E-state index in [0.717, 1.165) is 38.5 Å². The molecule has 1 aliphatic heterocycles. The van der Waals surface area contributed by atoms with E-state index in [9.17, 15) is 0 Å². The van der Waals surface area contributed by atoms with E-state index >= 15 is 0 Å². The van der Waals surface area contributed by atoms with Crippen molar-refractivity contribution in [1.29, 1.82) is 0 Å². The van der Waals surface area contributed by atoms with E-state index in [4.69, 9.17) is 4.74 Å². The van der Waals surface area contributed by atoms with Crippen LogP contribution in [0, 0.1) is 0 Å². The van der Waals surface area contributed by atoms with Gasteiger partial charge in [-0.3, -0.25) is 4.90 Å². The van der Waals surface area contributed by atoms with E-state index in [1.807, 2.05) is 13.1 Å². The molecule has 16 heavy (non-hydrogen) atoms. The monoisotopic (exact) mass is 220 g/mol. The van der Waals surface area contributed by atoms with Crippen molar-refractivity contribution in [3.05, 3.63) is 29.8 Å². The fourth-order valence-electron chi connectivity index (χ4n) is 2.05. The standard InChI is InChI=1S/C13H20N2O/c1-14-7-4-8-15-9-10-16-13-6-3-2-5-12(13)11-15/h2-3,5-6,14H,4,7-11H2,1H3. The fourth-order valence-corrected chi connectivity index (χ4v) is 2.05. The Kier molecular flexibility index (Phi) is 4.19. The molecule has 0 amide bonds. The number of hydrogen-bond acceptors (Lipinski definition) is 3. The lowest BCUT2D eigenvalue weighted by atomic mass is 10.2. The second-order valence-electron chi connectivity index (χ2n) is 4.19. The molecule has 0 spiro atoms. The minimum absolute atomic E-state index is 0.802. The number of rotatable bonds is 4. The van der Waals surface area contributed by atoms with Gasteiger partial charge in [-0.1, -0.05) is 18.2 Å². The molecule has 3 heteroatoms. The second kappa shape index (κ2) is 5.87. The Bertz CT molecular complexity index is 327. The van der Waals surface area contributed by atoms with Gasteiger partial charge in [0.2, 0.25) is 0 Å². The van der Waals surface area contributed by atoms with Crippen molar-refractivity contribution in [3.63, 3.8) is 0 Å². The zero-order valence-corrected chi connectivity index (χ0v) is 9.91. The molecule has 0 saturated heterocycles. The molecule has 0 aliphatic carbocycles. The number of nitrogens with zero attached hydrogens (tertiary/aromatic N) is 1. The first-order valence-corrected chi connectivity index (χ1v) is 5.98. The largest absolute Gasteiger partial charge is 0.492 e. The van der Waals surface area contributed by atoms with Gasteiger partial charge in [0.25, 0.3) is 0 Å². The minimum Gasteiger partial charge on any atom is -0.492 e. The van der Waals surface area contributed by atoms with Crippen LogP contribution in [0.2, 0.25) is 0 Å². The predicted octanol–water partition coefficient (Wildman–Crippen LogP) is 1.49. The molecule has 0 aromatic heterocycles. The summed E-state index contributed by atoms with van der Waals surface area (Å²) in [4.78, 5) is 2.46. The molecular formula is C13H20N2O. The summed E-state index contributed by atoms with van der Waals surface area (Å²) in [6, 6.07) is 8.34. The Balaban J connectivity index is 1.94. The number of hydrogen-bond donors (Lipinski definition) is 1. The maximum Gasteiger partial charge on any atom is 0.123 e. The molecule has 1 heterocycles. The summed E-state index contributed by atoms with van der Waals surface area (Å²) in [5.74, 6) is 1.05. The van der Waals surface area contributed by atoms with Crippen LogP contribution in [-0.4, -0.2) is 38.2 Å².